The molecule has 1 N–H and O–H groups in total. The Labute approximate surface area is 144 Å². The average molecular weight is 349 g/mol. The van der Waals surface area contributed by atoms with Gasteiger partial charge in [0.1, 0.15) is 10.8 Å². The van der Waals surface area contributed by atoms with Crippen LogP contribution < -0.4 is 10.1 Å². The summed E-state index contributed by atoms with van der Waals surface area (Å²) in [5.74, 6) is 0.373. The predicted octanol–water partition coefficient (Wildman–Crippen LogP) is 4.54. The number of nitro benzene ring substituents is 1. The van der Waals surface area contributed by atoms with Crippen molar-refractivity contribution >= 4 is 28.9 Å². The zero-order valence-electron chi connectivity index (χ0n) is 13.3. The van der Waals surface area contributed by atoms with Crippen LogP contribution in [0.25, 0.3) is 0 Å². The monoisotopic (exact) mass is 348 g/mol. The molecule has 0 aliphatic heterocycles. The van der Waals surface area contributed by atoms with Crippen molar-refractivity contribution in [2.75, 3.05) is 11.9 Å². The molecular weight excluding hydrogens is 332 g/mol. The fourth-order valence-electron chi connectivity index (χ4n) is 1.97. The van der Waals surface area contributed by atoms with Crippen molar-refractivity contribution in [3.8, 4) is 5.75 Å². The molecule has 2 rings (SSSR count). The summed E-state index contributed by atoms with van der Waals surface area (Å²) in [4.78, 5) is 22.8. The molecule has 0 fully saturated rings. The van der Waals surface area contributed by atoms with Gasteiger partial charge in [0.2, 0.25) is 0 Å². The largest absolute Gasteiger partial charge is 0.492 e. The Balaban J connectivity index is 2.21. The van der Waals surface area contributed by atoms with E-state index >= 15 is 0 Å². The van der Waals surface area contributed by atoms with Crippen molar-refractivity contribution < 1.29 is 14.5 Å². The Morgan fingerprint density at radius 1 is 1.29 bits per heavy atom. The van der Waals surface area contributed by atoms with E-state index in [1.807, 2.05) is 13.8 Å². The standard InChI is InChI=1S/C17H17ClN2O4/c1-11(2)10-24-16-6-4-3-5-13(16)17(21)19-12-7-8-14(18)15(9-12)20(22)23/h3-9,11H,10H2,1-2H3,(H,19,21). The summed E-state index contributed by atoms with van der Waals surface area (Å²) in [5.41, 5.74) is 0.379. The number of para-hydroxylation sites is 1. The lowest BCUT2D eigenvalue weighted by molar-refractivity contribution is -0.384. The maximum Gasteiger partial charge on any atom is 0.289 e. The number of carbonyl (C=O) groups is 1. The van der Waals surface area contributed by atoms with Crippen LogP contribution in [0.4, 0.5) is 11.4 Å². The van der Waals surface area contributed by atoms with E-state index in [2.05, 4.69) is 5.32 Å². The summed E-state index contributed by atoms with van der Waals surface area (Å²) in [7, 11) is 0. The topological polar surface area (TPSA) is 81.5 Å². The van der Waals surface area contributed by atoms with Gasteiger partial charge in [-0.25, -0.2) is 0 Å². The fraction of sp³-hybridized carbons (Fsp3) is 0.235. The summed E-state index contributed by atoms with van der Waals surface area (Å²) < 4.78 is 5.65. The molecule has 126 valence electrons. The minimum atomic E-state index is -0.600. The zero-order valence-corrected chi connectivity index (χ0v) is 14.0. The number of hydrogen-bond donors (Lipinski definition) is 1. The quantitative estimate of drug-likeness (QED) is 0.614. The average Bonchev–Trinajstić information content (AvgIpc) is 2.54. The van der Waals surface area contributed by atoms with E-state index < -0.39 is 10.8 Å². The number of ether oxygens (including phenoxy) is 1. The highest BCUT2D eigenvalue weighted by atomic mass is 35.5. The highest BCUT2D eigenvalue weighted by Gasteiger charge is 2.16. The van der Waals surface area contributed by atoms with Crippen LogP contribution >= 0.6 is 11.6 Å². The highest BCUT2D eigenvalue weighted by molar-refractivity contribution is 6.32. The van der Waals surface area contributed by atoms with Crippen LogP contribution in [0.1, 0.15) is 24.2 Å². The van der Waals surface area contributed by atoms with E-state index in [9.17, 15) is 14.9 Å². The Bertz CT molecular complexity index is 762. The second-order valence-electron chi connectivity index (χ2n) is 5.58. The van der Waals surface area contributed by atoms with Crippen LogP contribution in [-0.4, -0.2) is 17.4 Å². The zero-order chi connectivity index (χ0) is 17.7. The van der Waals surface area contributed by atoms with Gasteiger partial charge in [0.05, 0.1) is 17.1 Å². The number of anilines is 1. The van der Waals surface area contributed by atoms with E-state index in [-0.39, 0.29) is 16.4 Å². The predicted molar refractivity (Wildman–Crippen MR) is 92.8 cm³/mol. The van der Waals surface area contributed by atoms with Gasteiger partial charge >= 0.3 is 0 Å². The third-order valence-corrected chi connectivity index (χ3v) is 3.42. The fourth-order valence-corrected chi connectivity index (χ4v) is 2.15. The molecule has 0 heterocycles. The normalized spacial score (nSPS) is 10.5. The Kier molecular flexibility index (Phi) is 5.76. The Morgan fingerprint density at radius 2 is 2.00 bits per heavy atom. The molecule has 0 unspecified atom stereocenters. The molecular formula is C17H17ClN2O4. The van der Waals surface area contributed by atoms with Gasteiger partial charge < -0.3 is 10.1 Å². The lowest BCUT2D eigenvalue weighted by Gasteiger charge is -2.13. The summed E-state index contributed by atoms with van der Waals surface area (Å²) in [5, 5.41) is 13.6. The van der Waals surface area contributed by atoms with Crippen molar-refractivity contribution in [1.29, 1.82) is 0 Å². The molecule has 0 aromatic heterocycles. The number of amides is 1. The van der Waals surface area contributed by atoms with Crippen molar-refractivity contribution in [3.63, 3.8) is 0 Å². The number of benzene rings is 2. The first kappa shape index (κ1) is 17.7. The first-order chi connectivity index (χ1) is 11.4. The van der Waals surface area contributed by atoms with Gasteiger partial charge in [-0.15, -0.1) is 0 Å². The lowest BCUT2D eigenvalue weighted by Crippen LogP contribution is -2.15. The first-order valence-corrected chi connectivity index (χ1v) is 7.73. The summed E-state index contributed by atoms with van der Waals surface area (Å²) in [6, 6.07) is 10.9. The van der Waals surface area contributed by atoms with Crippen LogP contribution in [-0.2, 0) is 0 Å². The first-order valence-electron chi connectivity index (χ1n) is 7.35. The van der Waals surface area contributed by atoms with E-state index in [0.717, 1.165) is 0 Å². The second-order valence-corrected chi connectivity index (χ2v) is 5.99. The molecule has 0 aliphatic carbocycles. The molecule has 1 amide bonds. The molecule has 24 heavy (non-hydrogen) atoms. The molecule has 0 saturated carbocycles. The van der Waals surface area contributed by atoms with E-state index in [1.54, 1.807) is 24.3 Å². The molecule has 0 spiro atoms. The number of rotatable bonds is 6. The molecule has 0 aliphatic rings. The maximum absolute atomic E-state index is 12.5. The molecule has 0 radical (unpaired) electrons. The summed E-state index contributed by atoms with van der Waals surface area (Å²) >= 11 is 5.77. The van der Waals surface area contributed by atoms with Crippen LogP contribution in [0.2, 0.25) is 5.02 Å². The van der Waals surface area contributed by atoms with Crippen LogP contribution in [0.3, 0.4) is 0 Å². The van der Waals surface area contributed by atoms with Gasteiger partial charge in [-0.3, -0.25) is 14.9 Å². The van der Waals surface area contributed by atoms with Crippen molar-refractivity contribution in [1.82, 2.24) is 0 Å². The Hall–Kier alpha value is -2.60. The number of hydrogen-bond acceptors (Lipinski definition) is 4. The Morgan fingerprint density at radius 3 is 2.67 bits per heavy atom. The third kappa shape index (κ3) is 4.45. The summed E-state index contributed by atoms with van der Waals surface area (Å²) in [6.45, 7) is 4.50. The summed E-state index contributed by atoms with van der Waals surface area (Å²) in [6.07, 6.45) is 0. The van der Waals surface area contributed by atoms with Crippen LogP contribution in [0, 0.1) is 16.0 Å². The minimum Gasteiger partial charge on any atom is -0.492 e. The molecule has 0 atom stereocenters. The van der Waals surface area contributed by atoms with Gasteiger partial charge in [0.15, 0.2) is 0 Å². The van der Waals surface area contributed by atoms with E-state index in [0.29, 0.717) is 23.8 Å². The smallest absolute Gasteiger partial charge is 0.289 e. The molecule has 2 aromatic rings. The van der Waals surface area contributed by atoms with Gasteiger partial charge in [0, 0.05) is 11.8 Å². The molecule has 0 bridgehead atoms. The molecule has 0 saturated heterocycles. The van der Waals surface area contributed by atoms with Gasteiger partial charge in [0.25, 0.3) is 11.6 Å². The van der Waals surface area contributed by atoms with Crippen LogP contribution in [0.5, 0.6) is 5.75 Å². The van der Waals surface area contributed by atoms with Crippen molar-refractivity contribution in [2.24, 2.45) is 5.92 Å². The molecule has 7 heteroatoms. The SMILES string of the molecule is CC(C)COc1ccccc1C(=O)Nc1ccc(Cl)c([N+](=O)[O-])c1. The van der Waals surface area contributed by atoms with Crippen molar-refractivity contribution in [2.45, 2.75) is 13.8 Å². The van der Waals surface area contributed by atoms with Crippen LogP contribution in [0.15, 0.2) is 42.5 Å². The van der Waals surface area contributed by atoms with E-state index in [1.165, 1.54) is 18.2 Å². The minimum absolute atomic E-state index is 0.0127. The molecule has 2 aromatic carbocycles. The van der Waals surface area contributed by atoms with E-state index in [4.69, 9.17) is 16.3 Å². The second kappa shape index (κ2) is 7.79. The number of carbonyl (C=O) groups excluding carboxylic acids is 1. The van der Waals surface area contributed by atoms with Crippen molar-refractivity contribution in [3.05, 3.63) is 63.2 Å². The highest BCUT2D eigenvalue weighted by Crippen LogP contribution is 2.28. The van der Waals surface area contributed by atoms with Gasteiger partial charge in [-0.1, -0.05) is 37.6 Å². The number of nitrogens with zero attached hydrogens (tertiary/aromatic N) is 1. The third-order valence-electron chi connectivity index (χ3n) is 3.10. The number of nitro groups is 1. The maximum atomic E-state index is 12.5. The number of nitrogens with one attached hydrogen (secondary N) is 1. The van der Waals surface area contributed by atoms with Gasteiger partial charge in [-0.05, 0) is 30.2 Å². The lowest BCUT2D eigenvalue weighted by atomic mass is 10.1. The van der Waals surface area contributed by atoms with Gasteiger partial charge in [-0.2, -0.15) is 0 Å². The number of halogens is 1. The molecule has 6 nitrogen and oxygen atoms in total.